The lowest BCUT2D eigenvalue weighted by Crippen LogP contribution is -2.55. The van der Waals surface area contributed by atoms with Gasteiger partial charge < -0.3 is 43.6 Å². The highest BCUT2D eigenvalue weighted by Gasteiger charge is 2.43. The number of aromatic amines is 1. The van der Waals surface area contributed by atoms with Crippen LogP contribution in [-0.2, 0) is 9.59 Å². The molecule has 2 saturated carbocycles. The van der Waals surface area contributed by atoms with Gasteiger partial charge in [0.25, 0.3) is 0 Å². The molecule has 0 radical (unpaired) electrons. The second-order valence-electron chi connectivity index (χ2n) is 17.7. The number of likely N-dealkylation sites (tertiary alicyclic amines) is 1. The van der Waals surface area contributed by atoms with Crippen LogP contribution in [0.2, 0.25) is 0 Å². The second kappa shape index (κ2) is 17.4. The monoisotopic (exact) mass is 849 g/mol. The average Bonchev–Trinajstić information content (AvgIpc) is 3.85. The smallest absolute Gasteiger partial charge is 0.413 e. The molecule has 62 heavy (non-hydrogen) atoms. The van der Waals surface area contributed by atoms with E-state index in [1.807, 2.05) is 44.2 Å². The van der Waals surface area contributed by atoms with Gasteiger partial charge in [0.1, 0.15) is 29.3 Å². The summed E-state index contributed by atoms with van der Waals surface area (Å²) in [6, 6.07) is 8.37. The minimum Gasteiger partial charge on any atom is -0.493 e. The van der Waals surface area contributed by atoms with Crippen molar-refractivity contribution in [3.8, 4) is 45.8 Å². The Bertz CT molecular complexity index is 2360. The molecular weight excluding hydrogens is 795 g/mol. The van der Waals surface area contributed by atoms with Gasteiger partial charge in [-0.25, -0.2) is 19.8 Å². The van der Waals surface area contributed by atoms with Gasteiger partial charge in [-0.2, -0.15) is 5.10 Å². The number of amides is 3. The molecule has 2 aliphatic carbocycles. The quantitative estimate of drug-likeness (QED) is 0.139. The van der Waals surface area contributed by atoms with Crippen molar-refractivity contribution in [3.63, 3.8) is 0 Å². The lowest BCUT2D eigenvalue weighted by molar-refractivity contribution is -0.145. The van der Waals surface area contributed by atoms with E-state index in [1.54, 1.807) is 30.3 Å². The van der Waals surface area contributed by atoms with E-state index in [2.05, 4.69) is 20.3 Å². The number of nitrogens with zero attached hydrogens (tertiary/aromatic N) is 5. The molecule has 5 heterocycles. The van der Waals surface area contributed by atoms with E-state index in [0.717, 1.165) is 49.8 Å². The summed E-state index contributed by atoms with van der Waals surface area (Å²) in [5, 5.41) is 9.50. The van der Waals surface area contributed by atoms with Gasteiger partial charge >= 0.3 is 6.09 Å². The number of fused-ring (bicyclic) bond motifs is 2. The van der Waals surface area contributed by atoms with Crippen LogP contribution in [0.15, 0.2) is 48.0 Å². The van der Waals surface area contributed by atoms with Crippen LogP contribution in [0, 0.1) is 17.3 Å². The van der Waals surface area contributed by atoms with Crippen LogP contribution in [0.1, 0.15) is 90.0 Å². The standard InChI is InChI=1S/C46H55N7O9/c1-46(2)22-32(29-12-13-33(57-3)36(21-29)58-4)51-53(44(46)55)30-16-18-52(19-17-30)43(54)31(20-27-8-6-5-7-9-27)50-45(56)62-37-23-47-41-39(37)48-25-49-40(41)38-34(59-24-28-10-11-28)14-15-35-42(38)61-26-60-35/h12-15,21,23,25,27-28,30-31,47H,5-11,16-20,22,24,26H2,1-4H3,(H,50,56)/t31-/m0/s1. The molecule has 3 aliphatic heterocycles. The molecule has 0 bridgehead atoms. The number of hydrogen-bond acceptors (Lipinski definition) is 12. The van der Waals surface area contributed by atoms with Gasteiger partial charge in [0.2, 0.25) is 18.6 Å². The zero-order valence-corrected chi connectivity index (χ0v) is 35.9. The van der Waals surface area contributed by atoms with Crippen molar-refractivity contribution in [3.05, 3.63) is 48.4 Å². The SMILES string of the molecule is COc1ccc(C2=NN(C3CCN(C(=O)[C@H](CC4CCCCC4)NC(=O)Oc4c[nH]c5c(-c6c(OCC7CC7)ccc7c6OCO7)ncnc45)CC3)C(=O)C(C)(C)C2)cc1OC. The maximum absolute atomic E-state index is 14.4. The van der Waals surface area contributed by atoms with Gasteiger partial charge in [-0.05, 0) is 74.3 Å². The van der Waals surface area contributed by atoms with Gasteiger partial charge in [0, 0.05) is 31.3 Å². The van der Waals surface area contributed by atoms with E-state index in [4.69, 9.17) is 33.5 Å². The zero-order chi connectivity index (χ0) is 43.0. The fourth-order valence-corrected chi connectivity index (χ4v) is 9.21. The number of nitrogens with one attached hydrogen (secondary N) is 2. The summed E-state index contributed by atoms with van der Waals surface area (Å²) in [6.07, 6.45) is 12.0. The number of ether oxygens (including phenoxy) is 6. The molecule has 9 rings (SSSR count). The summed E-state index contributed by atoms with van der Waals surface area (Å²) >= 11 is 0. The molecule has 5 aliphatic rings. The van der Waals surface area contributed by atoms with Crippen LogP contribution in [0.5, 0.6) is 34.5 Å². The summed E-state index contributed by atoms with van der Waals surface area (Å²) < 4.78 is 34.7. The Morgan fingerprint density at radius 1 is 0.919 bits per heavy atom. The number of rotatable bonds is 13. The number of benzene rings is 2. The summed E-state index contributed by atoms with van der Waals surface area (Å²) in [5.74, 6) is 3.75. The molecule has 4 aromatic rings. The van der Waals surface area contributed by atoms with Crippen molar-refractivity contribution in [2.75, 3.05) is 40.7 Å². The van der Waals surface area contributed by atoms with E-state index >= 15 is 0 Å². The van der Waals surface area contributed by atoms with E-state index < -0.39 is 17.6 Å². The molecule has 0 spiro atoms. The summed E-state index contributed by atoms with van der Waals surface area (Å²) in [5.41, 5.74) is 3.04. The van der Waals surface area contributed by atoms with Crippen LogP contribution in [0.4, 0.5) is 4.79 Å². The Labute approximate surface area is 360 Å². The molecule has 2 N–H and O–H groups in total. The largest absolute Gasteiger partial charge is 0.493 e. The van der Waals surface area contributed by atoms with Crippen LogP contribution >= 0.6 is 0 Å². The highest BCUT2D eigenvalue weighted by Crippen LogP contribution is 2.49. The van der Waals surface area contributed by atoms with E-state index in [9.17, 15) is 14.4 Å². The number of carbonyl (C=O) groups is 3. The highest BCUT2D eigenvalue weighted by atomic mass is 16.7. The Morgan fingerprint density at radius 3 is 2.45 bits per heavy atom. The van der Waals surface area contributed by atoms with Gasteiger partial charge in [-0.15, -0.1) is 0 Å². The Kier molecular flexibility index (Phi) is 11.6. The van der Waals surface area contributed by atoms with Crippen molar-refractivity contribution >= 4 is 34.7 Å². The molecule has 16 nitrogen and oxygen atoms in total. The van der Waals surface area contributed by atoms with Gasteiger partial charge in [0.15, 0.2) is 28.7 Å². The summed E-state index contributed by atoms with van der Waals surface area (Å²) in [6.45, 7) is 5.39. The summed E-state index contributed by atoms with van der Waals surface area (Å²) in [7, 11) is 3.19. The minimum absolute atomic E-state index is 0.0434. The minimum atomic E-state index is -0.794. The van der Waals surface area contributed by atoms with Gasteiger partial charge in [-0.3, -0.25) is 9.59 Å². The van der Waals surface area contributed by atoms with Crippen molar-refractivity contribution in [2.45, 2.75) is 96.6 Å². The third-order valence-corrected chi connectivity index (χ3v) is 12.9. The maximum Gasteiger partial charge on any atom is 0.413 e. The number of aromatic nitrogens is 3. The number of hydrogen-bond donors (Lipinski definition) is 2. The van der Waals surface area contributed by atoms with E-state index in [-0.39, 0.29) is 30.4 Å². The first kappa shape index (κ1) is 41.3. The molecule has 3 amide bonds. The zero-order valence-electron chi connectivity index (χ0n) is 35.9. The third kappa shape index (κ3) is 8.43. The van der Waals surface area contributed by atoms with Gasteiger partial charge in [-0.1, -0.05) is 46.0 Å². The number of methoxy groups -OCH3 is 2. The second-order valence-corrected chi connectivity index (χ2v) is 17.7. The van der Waals surface area contributed by atoms with E-state index in [1.165, 1.54) is 12.7 Å². The van der Waals surface area contributed by atoms with Crippen molar-refractivity contribution in [1.29, 1.82) is 0 Å². The van der Waals surface area contributed by atoms with Crippen LogP contribution in [0.25, 0.3) is 22.3 Å². The molecule has 1 saturated heterocycles. The highest BCUT2D eigenvalue weighted by molar-refractivity contribution is 6.06. The first-order valence-electron chi connectivity index (χ1n) is 21.9. The number of carbonyl (C=O) groups excluding carboxylic acids is 3. The molecule has 16 heteroatoms. The predicted molar refractivity (Wildman–Crippen MR) is 229 cm³/mol. The van der Waals surface area contributed by atoms with Crippen LogP contribution in [0.3, 0.4) is 0 Å². The molecule has 3 fully saturated rings. The number of piperidine rings is 1. The Balaban J connectivity index is 0.903. The maximum atomic E-state index is 14.4. The van der Waals surface area contributed by atoms with Gasteiger partial charge in [0.05, 0.1) is 49.1 Å². The molecule has 1 atom stereocenters. The predicted octanol–water partition coefficient (Wildman–Crippen LogP) is 7.24. The normalized spacial score (nSPS) is 19.5. The average molecular weight is 850 g/mol. The lowest BCUT2D eigenvalue weighted by atomic mass is 9.82. The van der Waals surface area contributed by atoms with E-state index in [0.29, 0.717) is 108 Å². The summed E-state index contributed by atoms with van der Waals surface area (Å²) in [4.78, 5) is 56.2. The van der Waals surface area contributed by atoms with Crippen LogP contribution in [-0.4, -0.2) is 101 Å². The topological polar surface area (TPSA) is 179 Å². The molecular formula is C46H55N7O9. The molecule has 0 unspecified atom stereocenters. The number of H-pyrrole nitrogens is 1. The third-order valence-electron chi connectivity index (χ3n) is 12.9. The van der Waals surface area contributed by atoms with Crippen molar-refractivity contribution < 1.29 is 42.8 Å². The Hall–Kier alpha value is -6.06. The molecule has 2 aromatic carbocycles. The molecule has 328 valence electrons. The lowest BCUT2D eigenvalue weighted by Gasteiger charge is -2.42. The van der Waals surface area contributed by atoms with Crippen molar-refractivity contribution in [1.82, 2.24) is 30.2 Å². The molecule has 2 aromatic heterocycles. The number of hydrazone groups is 1. The Morgan fingerprint density at radius 2 is 1.69 bits per heavy atom. The first-order chi connectivity index (χ1) is 30.1. The van der Waals surface area contributed by atoms with Crippen LogP contribution < -0.4 is 33.7 Å². The fraction of sp³-hybridized carbons (Fsp3) is 0.522. The fourth-order valence-electron chi connectivity index (χ4n) is 9.21. The first-order valence-corrected chi connectivity index (χ1v) is 21.9. The van der Waals surface area contributed by atoms with Crippen molar-refractivity contribution in [2.24, 2.45) is 22.4 Å².